The summed E-state index contributed by atoms with van der Waals surface area (Å²) in [4.78, 5) is 25.2. The molecule has 1 heterocycles. The number of aromatic nitrogens is 1. The minimum Gasteiger partial charge on any atom is -0.497 e. The summed E-state index contributed by atoms with van der Waals surface area (Å²) in [5.74, 6) is 0.0456. The van der Waals surface area contributed by atoms with Crippen molar-refractivity contribution in [1.82, 2.24) is 4.57 Å². The van der Waals surface area contributed by atoms with Gasteiger partial charge in [0.1, 0.15) is 11.3 Å². The van der Waals surface area contributed by atoms with Crippen molar-refractivity contribution >= 4 is 22.5 Å². The van der Waals surface area contributed by atoms with Crippen LogP contribution in [0, 0.1) is 11.3 Å². The van der Waals surface area contributed by atoms with E-state index in [4.69, 9.17) is 10.00 Å². The third-order valence-corrected chi connectivity index (χ3v) is 3.91. The number of anilines is 1. The zero-order valence-corrected chi connectivity index (χ0v) is 13.7. The summed E-state index contributed by atoms with van der Waals surface area (Å²) in [7, 11) is 3.29. The fourth-order valence-electron chi connectivity index (χ4n) is 2.59. The number of benzene rings is 2. The van der Waals surface area contributed by atoms with E-state index in [2.05, 4.69) is 5.32 Å². The molecule has 0 saturated heterocycles. The second kappa shape index (κ2) is 6.49. The number of methoxy groups -OCH3 is 1. The molecule has 0 aliphatic carbocycles. The first-order valence-corrected chi connectivity index (χ1v) is 7.52. The Morgan fingerprint density at radius 2 is 1.92 bits per heavy atom. The third kappa shape index (κ3) is 3.08. The van der Waals surface area contributed by atoms with Crippen molar-refractivity contribution in [3.63, 3.8) is 0 Å². The summed E-state index contributed by atoms with van der Waals surface area (Å²) in [6, 6.07) is 13.6. The predicted molar refractivity (Wildman–Crippen MR) is 94.9 cm³/mol. The van der Waals surface area contributed by atoms with E-state index in [9.17, 15) is 9.59 Å². The molecule has 124 valence electrons. The highest BCUT2D eigenvalue weighted by atomic mass is 16.5. The Hall–Kier alpha value is -3.59. The van der Waals surface area contributed by atoms with Crippen molar-refractivity contribution in [3.05, 3.63) is 70.0 Å². The van der Waals surface area contributed by atoms with E-state index in [1.54, 1.807) is 54.1 Å². The third-order valence-electron chi connectivity index (χ3n) is 3.91. The Bertz CT molecular complexity index is 1060. The standard InChI is InChI=1S/C19H15N3O3/c1-22-11-16(18(23)15-9-14(25-2)7-8-17(15)22)19(24)21-13-5-3-12(10-20)4-6-13/h3-9,11H,1-2H3,(H,21,24). The maximum absolute atomic E-state index is 12.7. The number of aryl methyl sites for hydroxylation is 1. The average molecular weight is 333 g/mol. The summed E-state index contributed by atoms with van der Waals surface area (Å²) in [5.41, 5.74) is 1.38. The van der Waals surface area contributed by atoms with Gasteiger partial charge < -0.3 is 14.6 Å². The Balaban J connectivity index is 2.02. The lowest BCUT2D eigenvalue weighted by atomic mass is 10.1. The summed E-state index contributed by atoms with van der Waals surface area (Å²) in [6.07, 6.45) is 1.51. The predicted octanol–water partition coefficient (Wildman–Crippen LogP) is 2.67. The van der Waals surface area contributed by atoms with E-state index in [1.807, 2.05) is 6.07 Å². The Kier molecular flexibility index (Phi) is 4.23. The van der Waals surface area contributed by atoms with Crippen molar-refractivity contribution in [1.29, 1.82) is 5.26 Å². The number of carbonyl (C=O) groups is 1. The van der Waals surface area contributed by atoms with Crippen LogP contribution in [-0.2, 0) is 7.05 Å². The van der Waals surface area contributed by atoms with E-state index in [1.165, 1.54) is 13.3 Å². The van der Waals surface area contributed by atoms with Gasteiger partial charge in [-0.1, -0.05) is 0 Å². The molecule has 0 bridgehead atoms. The normalized spacial score (nSPS) is 10.3. The lowest BCUT2D eigenvalue weighted by Crippen LogP contribution is -2.23. The van der Waals surface area contributed by atoms with E-state index in [-0.39, 0.29) is 11.0 Å². The summed E-state index contributed by atoms with van der Waals surface area (Å²) >= 11 is 0. The Labute approximate surface area is 143 Å². The van der Waals surface area contributed by atoms with Gasteiger partial charge in [-0.25, -0.2) is 0 Å². The monoisotopic (exact) mass is 333 g/mol. The number of fused-ring (bicyclic) bond motifs is 1. The Morgan fingerprint density at radius 3 is 2.56 bits per heavy atom. The van der Waals surface area contributed by atoms with Crippen LogP contribution in [0.2, 0.25) is 0 Å². The SMILES string of the molecule is COc1ccc2c(c1)c(=O)c(C(=O)Nc1ccc(C#N)cc1)cn2C. The number of rotatable bonds is 3. The fourth-order valence-corrected chi connectivity index (χ4v) is 2.59. The molecule has 0 unspecified atom stereocenters. The summed E-state index contributed by atoms with van der Waals surface area (Å²) < 4.78 is 6.89. The number of nitrogens with zero attached hydrogens (tertiary/aromatic N) is 2. The highest BCUT2D eigenvalue weighted by molar-refractivity contribution is 6.05. The molecule has 25 heavy (non-hydrogen) atoms. The maximum atomic E-state index is 12.7. The van der Waals surface area contributed by atoms with Crippen molar-refractivity contribution in [3.8, 4) is 11.8 Å². The molecule has 0 aliphatic heterocycles. The highest BCUT2D eigenvalue weighted by Gasteiger charge is 2.15. The topological polar surface area (TPSA) is 84.1 Å². The first-order valence-electron chi connectivity index (χ1n) is 7.52. The van der Waals surface area contributed by atoms with E-state index < -0.39 is 5.91 Å². The fraction of sp³-hybridized carbons (Fsp3) is 0.105. The molecule has 3 aromatic rings. The molecule has 6 nitrogen and oxygen atoms in total. The maximum Gasteiger partial charge on any atom is 0.261 e. The number of carbonyl (C=O) groups excluding carboxylic acids is 1. The second-order valence-electron chi connectivity index (χ2n) is 5.51. The van der Waals surface area contributed by atoms with Gasteiger partial charge in [0.25, 0.3) is 5.91 Å². The smallest absolute Gasteiger partial charge is 0.261 e. The molecule has 1 N–H and O–H groups in total. The second-order valence-corrected chi connectivity index (χ2v) is 5.51. The lowest BCUT2D eigenvalue weighted by molar-refractivity contribution is 0.102. The van der Waals surface area contributed by atoms with Gasteiger partial charge in [-0.3, -0.25) is 9.59 Å². The molecular weight excluding hydrogens is 318 g/mol. The molecule has 0 fully saturated rings. The van der Waals surface area contributed by atoms with Gasteiger partial charge in [0.05, 0.1) is 29.6 Å². The molecule has 2 aromatic carbocycles. The van der Waals surface area contributed by atoms with Crippen molar-refractivity contribution in [2.24, 2.45) is 7.05 Å². The number of hydrogen-bond acceptors (Lipinski definition) is 4. The van der Waals surface area contributed by atoms with Crippen LogP contribution in [0.1, 0.15) is 15.9 Å². The highest BCUT2D eigenvalue weighted by Crippen LogP contribution is 2.19. The summed E-state index contributed by atoms with van der Waals surface area (Å²) in [6.45, 7) is 0. The van der Waals surface area contributed by atoms with Crippen molar-refractivity contribution < 1.29 is 9.53 Å². The van der Waals surface area contributed by atoms with Crippen LogP contribution in [0.15, 0.2) is 53.5 Å². The van der Waals surface area contributed by atoms with Gasteiger partial charge in [0.15, 0.2) is 0 Å². The lowest BCUT2D eigenvalue weighted by Gasteiger charge is -2.10. The van der Waals surface area contributed by atoms with E-state index in [0.29, 0.717) is 27.9 Å². The van der Waals surface area contributed by atoms with Crippen LogP contribution in [0.3, 0.4) is 0 Å². The summed E-state index contributed by atoms with van der Waals surface area (Å²) in [5, 5.41) is 11.9. The number of nitrogens with one attached hydrogen (secondary N) is 1. The van der Waals surface area contributed by atoms with Crippen LogP contribution in [-0.4, -0.2) is 17.6 Å². The first kappa shape index (κ1) is 16.3. The van der Waals surface area contributed by atoms with Gasteiger partial charge in [-0.15, -0.1) is 0 Å². The molecule has 1 aromatic heterocycles. The number of ether oxygens (including phenoxy) is 1. The molecule has 0 atom stereocenters. The molecular formula is C19H15N3O3. The van der Waals surface area contributed by atoms with E-state index >= 15 is 0 Å². The molecule has 6 heteroatoms. The molecule has 1 amide bonds. The Morgan fingerprint density at radius 1 is 1.20 bits per heavy atom. The molecule has 0 spiro atoms. The van der Waals surface area contributed by atoms with Gasteiger partial charge in [-0.05, 0) is 42.5 Å². The van der Waals surface area contributed by atoms with Gasteiger partial charge in [0, 0.05) is 18.9 Å². The van der Waals surface area contributed by atoms with E-state index in [0.717, 1.165) is 0 Å². The van der Waals surface area contributed by atoms with Crippen LogP contribution in [0.4, 0.5) is 5.69 Å². The first-order chi connectivity index (χ1) is 12.0. The zero-order valence-electron chi connectivity index (χ0n) is 13.7. The number of hydrogen-bond donors (Lipinski definition) is 1. The van der Waals surface area contributed by atoms with Crippen molar-refractivity contribution in [2.45, 2.75) is 0 Å². The quantitative estimate of drug-likeness (QED) is 0.798. The average Bonchev–Trinajstić information content (AvgIpc) is 2.64. The van der Waals surface area contributed by atoms with Crippen LogP contribution in [0.5, 0.6) is 5.75 Å². The number of nitriles is 1. The van der Waals surface area contributed by atoms with Crippen LogP contribution < -0.4 is 15.5 Å². The van der Waals surface area contributed by atoms with Gasteiger partial charge >= 0.3 is 0 Å². The van der Waals surface area contributed by atoms with Crippen LogP contribution in [0.25, 0.3) is 10.9 Å². The molecule has 0 saturated carbocycles. The van der Waals surface area contributed by atoms with Crippen LogP contribution >= 0.6 is 0 Å². The number of amides is 1. The molecule has 0 aliphatic rings. The van der Waals surface area contributed by atoms with Crippen molar-refractivity contribution in [2.75, 3.05) is 12.4 Å². The van der Waals surface area contributed by atoms with Gasteiger partial charge in [-0.2, -0.15) is 5.26 Å². The molecule has 0 radical (unpaired) electrons. The minimum atomic E-state index is -0.505. The zero-order chi connectivity index (χ0) is 18.0. The largest absolute Gasteiger partial charge is 0.497 e. The molecule has 3 rings (SSSR count). The van der Waals surface area contributed by atoms with Gasteiger partial charge in [0.2, 0.25) is 5.43 Å². The minimum absolute atomic E-state index is 0.0348. The number of pyridine rings is 1.